The lowest BCUT2D eigenvalue weighted by molar-refractivity contribution is -0.123. The zero-order valence-corrected chi connectivity index (χ0v) is 16.0. The molecule has 0 unspecified atom stereocenters. The van der Waals surface area contributed by atoms with Gasteiger partial charge in [0.15, 0.2) is 23.8 Å². The molecule has 148 valence electrons. The zero-order valence-electron chi connectivity index (χ0n) is 16.0. The van der Waals surface area contributed by atoms with Gasteiger partial charge in [0.05, 0.1) is 25.2 Å². The predicted molar refractivity (Wildman–Crippen MR) is 106 cm³/mol. The summed E-state index contributed by atoms with van der Waals surface area (Å²) in [6, 6.07) is 7.20. The van der Waals surface area contributed by atoms with Crippen LogP contribution in [0.4, 0.5) is 5.82 Å². The maximum Gasteiger partial charge on any atom is 0.258 e. The van der Waals surface area contributed by atoms with Gasteiger partial charge in [-0.2, -0.15) is 5.10 Å². The van der Waals surface area contributed by atoms with Crippen molar-refractivity contribution in [3.63, 3.8) is 0 Å². The van der Waals surface area contributed by atoms with Crippen molar-refractivity contribution in [2.75, 3.05) is 32.1 Å². The lowest BCUT2D eigenvalue weighted by Gasteiger charge is -2.10. The van der Waals surface area contributed by atoms with Crippen molar-refractivity contribution in [3.8, 4) is 11.5 Å². The molecular formula is C19H24N6O3. The fourth-order valence-corrected chi connectivity index (χ4v) is 2.67. The Morgan fingerprint density at radius 1 is 1.18 bits per heavy atom. The van der Waals surface area contributed by atoms with E-state index in [2.05, 4.69) is 32.6 Å². The van der Waals surface area contributed by atoms with Gasteiger partial charge in [-0.3, -0.25) is 4.79 Å². The van der Waals surface area contributed by atoms with Crippen molar-refractivity contribution in [3.05, 3.63) is 36.8 Å². The van der Waals surface area contributed by atoms with Crippen LogP contribution in [-0.4, -0.2) is 52.5 Å². The number of anilines is 1. The minimum Gasteiger partial charge on any atom is -0.493 e. The molecule has 0 aliphatic rings. The fourth-order valence-electron chi connectivity index (χ4n) is 2.67. The molecule has 28 heavy (non-hydrogen) atoms. The van der Waals surface area contributed by atoms with Crippen LogP contribution in [0.3, 0.4) is 0 Å². The van der Waals surface area contributed by atoms with E-state index in [0.717, 1.165) is 29.8 Å². The lowest BCUT2D eigenvalue weighted by atomic mass is 10.3. The topological polar surface area (TPSA) is 103 Å². The summed E-state index contributed by atoms with van der Waals surface area (Å²) >= 11 is 0. The van der Waals surface area contributed by atoms with E-state index in [1.807, 2.05) is 12.1 Å². The Morgan fingerprint density at radius 3 is 2.79 bits per heavy atom. The molecule has 0 saturated heterocycles. The molecule has 2 heterocycles. The van der Waals surface area contributed by atoms with Gasteiger partial charge in [-0.15, -0.1) is 0 Å². The molecule has 9 heteroatoms. The van der Waals surface area contributed by atoms with Crippen LogP contribution in [0.5, 0.6) is 11.5 Å². The highest BCUT2D eigenvalue weighted by Gasteiger charge is 2.10. The van der Waals surface area contributed by atoms with Crippen LogP contribution < -0.4 is 20.1 Å². The number of ether oxygens (including phenoxy) is 2. The average molecular weight is 384 g/mol. The van der Waals surface area contributed by atoms with E-state index in [4.69, 9.17) is 9.47 Å². The van der Waals surface area contributed by atoms with Gasteiger partial charge in [0.1, 0.15) is 12.1 Å². The van der Waals surface area contributed by atoms with Gasteiger partial charge in [-0.25, -0.2) is 14.6 Å². The van der Waals surface area contributed by atoms with Crippen LogP contribution in [0.15, 0.2) is 36.8 Å². The van der Waals surface area contributed by atoms with E-state index in [9.17, 15) is 4.79 Å². The summed E-state index contributed by atoms with van der Waals surface area (Å²) < 4.78 is 12.5. The number of para-hydroxylation sites is 2. The van der Waals surface area contributed by atoms with Crippen molar-refractivity contribution in [1.29, 1.82) is 0 Å². The first kappa shape index (κ1) is 19.4. The highest BCUT2D eigenvalue weighted by atomic mass is 16.5. The van der Waals surface area contributed by atoms with Gasteiger partial charge in [0.25, 0.3) is 5.91 Å². The number of carbonyl (C=O) groups is 1. The third-order valence-electron chi connectivity index (χ3n) is 4.05. The molecule has 3 aromatic rings. The Labute approximate surface area is 163 Å². The molecule has 0 bridgehead atoms. The number of fused-ring (bicyclic) bond motifs is 1. The van der Waals surface area contributed by atoms with E-state index >= 15 is 0 Å². The normalized spacial score (nSPS) is 10.6. The second-order valence-corrected chi connectivity index (χ2v) is 6.04. The minimum atomic E-state index is -0.220. The van der Waals surface area contributed by atoms with Crippen LogP contribution in [0.1, 0.15) is 13.3 Å². The molecule has 0 spiro atoms. The molecule has 2 N–H and O–H groups in total. The smallest absolute Gasteiger partial charge is 0.258 e. The highest BCUT2D eigenvalue weighted by molar-refractivity contribution is 5.86. The Balaban J connectivity index is 1.51. The molecule has 1 amide bonds. The highest BCUT2D eigenvalue weighted by Crippen LogP contribution is 2.25. The Morgan fingerprint density at radius 2 is 2.00 bits per heavy atom. The SMILES string of the molecule is CCCNc1ncnc2c1cnn2CCNC(=O)COc1ccccc1OC. The van der Waals surface area contributed by atoms with Gasteiger partial charge in [0.2, 0.25) is 0 Å². The molecule has 0 radical (unpaired) electrons. The number of hydrogen-bond acceptors (Lipinski definition) is 7. The molecule has 0 atom stereocenters. The molecule has 2 aromatic heterocycles. The largest absolute Gasteiger partial charge is 0.493 e. The average Bonchev–Trinajstić information content (AvgIpc) is 3.14. The van der Waals surface area contributed by atoms with Crippen LogP contribution >= 0.6 is 0 Å². The zero-order chi connectivity index (χ0) is 19.8. The first-order valence-corrected chi connectivity index (χ1v) is 9.15. The number of benzene rings is 1. The minimum absolute atomic E-state index is 0.0898. The summed E-state index contributed by atoms with van der Waals surface area (Å²) in [5.41, 5.74) is 0.730. The number of rotatable bonds is 10. The molecule has 9 nitrogen and oxygen atoms in total. The van der Waals surface area contributed by atoms with E-state index in [-0.39, 0.29) is 12.5 Å². The van der Waals surface area contributed by atoms with Crippen molar-refractivity contribution in [1.82, 2.24) is 25.1 Å². The van der Waals surface area contributed by atoms with Crippen LogP contribution in [0.2, 0.25) is 0 Å². The van der Waals surface area contributed by atoms with Gasteiger partial charge in [0, 0.05) is 13.1 Å². The summed E-state index contributed by atoms with van der Waals surface area (Å²) in [7, 11) is 1.56. The number of carbonyl (C=O) groups excluding carboxylic acids is 1. The molecule has 0 fully saturated rings. The Kier molecular flexibility index (Phi) is 6.61. The van der Waals surface area contributed by atoms with Crippen LogP contribution in [-0.2, 0) is 11.3 Å². The monoisotopic (exact) mass is 384 g/mol. The number of aromatic nitrogens is 4. The van der Waals surface area contributed by atoms with E-state index in [1.165, 1.54) is 6.33 Å². The third-order valence-corrected chi connectivity index (χ3v) is 4.05. The Hall–Kier alpha value is -3.36. The number of methoxy groups -OCH3 is 1. The number of nitrogens with one attached hydrogen (secondary N) is 2. The summed E-state index contributed by atoms with van der Waals surface area (Å²) in [4.78, 5) is 20.6. The van der Waals surface area contributed by atoms with Crippen LogP contribution in [0, 0.1) is 0 Å². The predicted octanol–water partition coefficient (Wildman–Crippen LogP) is 1.85. The first-order chi connectivity index (χ1) is 13.7. The summed E-state index contributed by atoms with van der Waals surface area (Å²) in [6.07, 6.45) is 4.25. The fraction of sp³-hybridized carbons (Fsp3) is 0.368. The number of nitrogens with zero attached hydrogens (tertiary/aromatic N) is 4. The number of amides is 1. The van der Waals surface area contributed by atoms with Crippen molar-refractivity contribution >= 4 is 22.8 Å². The molecule has 0 aliphatic heterocycles. The Bertz CT molecular complexity index is 927. The van der Waals surface area contributed by atoms with Gasteiger partial charge < -0.3 is 20.1 Å². The second kappa shape index (κ2) is 9.54. The quantitative estimate of drug-likeness (QED) is 0.550. The van der Waals surface area contributed by atoms with Gasteiger partial charge >= 0.3 is 0 Å². The standard InChI is InChI=1S/C19H24N6O3/c1-3-8-21-18-14-11-24-25(19(14)23-13-22-18)10-9-20-17(26)12-28-16-7-5-4-6-15(16)27-2/h4-7,11,13H,3,8-10,12H2,1-2H3,(H,20,26)(H,21,22,23). The van der Waals surface area contributed by atoms with Crippen LogP contribution in [0.25, 0.3) is 11.0 Å². The van der Waals surface area contributed by atoms with Gasteiger partial charge in [-0.05, 0) is 18.6 Å². The number of hydrogen-bond donors (Lipinski definition) is 2. The van der Waals surface area contributed by atoms with E-state index in [1.54, 1.807) is 30.1 Å². The summed E-state index contributed by atoms with van der Waals surface area (Å²) in [6.45, 7) is 3.74. The second-order valence-electron chi connectivity index (χ2n) is 6.04. The van der Waals surface area contributed by atoms with Crippen molar-refractivity contribution in [2.24, 2.45) is 0 Å². The van der Waals surface area contributed by atoms with E-state index < -0.39 is 0 Å². The maximum atomic E-state index is 12.0. The summed E-state index contributed by atoms with van der Waals surface area (Å²) in [5.74, 6) is 1.67. The lowest BCUT2D eigenvalue weighted by Crippen LogP contribution is -2.31. The third kappa shape index (κ3) is 4.67. The van der Waals surface area contributed by atoms with E-state index in [0.29, 0.717) is 24.6 Å². The van der Waals surface area contributed by atoms with Gasteiger partial charge in [-0.1, -0.05) is 19.1 Å². The molecule has 3 rings (SSSR count). The van der Waals surface area contributed by atoms with Crippen molar-refractivity contribution in [2.45, 2.75) is 19.9 Å². The maximum absolute atomic E-state index is 12.0. The molecule has 0 saturated carbocycles. The molecule has 1 aromatic carbocycles. The van der Waals surface area contributed by atoms with Crippen molar-refractivity contribution < 1.29 is 14.3 Å². The molecule has 0 aliphatic carbocycles. The molecular weight excluding hydrogens is 360 g/mol. The summed E-state index contributed by atoms with van der Waals surface area (Å²) in [5, 5.41) is 11.3. The first-order valence-electron chi connectivity index (χ1n) is 9.15.